The molecule has 0 bridgehead atoms. The topological polar surface area (TPSA) is 12.0 Å². The first-order valence-corrected chi connectivity index (χ1v) is 7.42. The van der Waals surface area contributed by atoms with E-state index in [1.807, 2.05) is 19.2 Å². The van der Waals surface area contributed by atoms with E-state index in [1.54, 1.807) is 0 Å². The maximum Gasteiger partial charge on any atom is 0.123 e. The molecule has 2 heteroatoms. The Balaban J connectivity index is 2.24. The first-order chi connectivity index (χ1) is 9.93. The number of halogens is 1. The zero-order chi connectivity index (χ0) is 15.5. The molecule has 0 fully saturated rings. The second kappa shape index (κ2) is 6.40. The van der Waals surface area contributed by atoms with Crippen molar-refractivity contribution in [2.24, 2.45) is 0 Å². The van der Waals surface area contributed by atoms with Crippen LogP contribution in [0.25, 0.3) is 0 Å². The maximum atomic E-state index is 13.1. The van der Waals surface area contributed by atoms with E-state index in [0.29, 0.717) is 0 Å². The fourth-order valence-electron chi connectivity index (χ4n) is 2.87. The van der Waals surface area contributed by atoms with Gasteiger partial charge in [0.05, 0.1) is 0 Å². The van der Waals surface area contributed by atoms with Gasteiger partial charge in [0.2, 0.25) is 0 Å². The third-order valence-electron chi connectivity index (χ3n) is 4.33. The Hall–Kier alpha value is -1.67. The molecule has 0 aliphatic heterocycles. The molecular formula is C19H24FN. The van der Waals surface area contributed by atoms with Gasteiger partial charge in [0, 0.05) is 11.5 Å². The molecule has 2 aromatic rings. The van der Waals surface area contributed by atoms with Crippen molar-refractivity contribution in [3.05, 3.63) is 71.0 Å². The standard InChI is InChI=1S/C19H24FN/c1-14-6-5-7-15(12-14)13-18(21-4)19(2,3)16-8-10-17(20)11-9-16/h5-12,18,21H,13H2,1-4H3. The first-order valence-electron chi connectivity index (χ1n) is 7.42. The lowest BCUT2D eigenvalue weighted by atomic mass is 9.75. The molecule has 0 saturated carbocycles. The van der Waals surface area contributed by atoms with Crippen LogP contribution in [0.3, 0.4) is 0 Å². The molecule has 1 N–H and O–H groups in total. The molecule has 1 unspecified atom stereocenters. The van der Waals surface area contributed by atoms with Gasteiger partial charge in [-0.1, -0.05) is 55.8 Å². The van der Waals surface area contributed by atoms with Crippen LogP contribution in [0, 0.1) is 12.7 Å². The molecular weight excluding hydrogens is 261 g/mol. The number of aryl methyl sites for hydroxylation is 1. The summed E-state index contributed by atoms with van der Waals surface area (Å²) in [7, 11) is 1.99. The molecule has 0 saturated heterocycles. The molecule has 0 radical (unpaired) electrons. The van der Waals surface area contributed by atoms with Gasteiger partial charge in [0.25, 0.3) is 0 Å². The Bertz CT molecular complexity index is 587. The Morgan fingerprint density at radius 2 is 1.76 bits per heavy atom. The molecule has 1 nitrogen and oxygen atoms in total. The van der Waals surface area contributed by atoms with Crippen molar-refractivity contribution >= 4 is 0 Å². The largest absolute Gasteiger partial charge is 0.316 e. The van der Waals surface area contributed by atoms with Crippen LogP contribution >= 0.6 is 0 Å². The molecule has 2 rings (SSSR count). The van der Waals surface area contributed by atoms with Crippen molar-refractivity contribution in [1.29, 1.82) is 0 Å². The normalized spacial score (nSPS) is 13.2. The number of hydrogen-bond acceptors (Lipinski definition) is 1. The average molecular weight is 285 g/mol. The highest BCUT2D eigenvalue weighted by Gasteiger charge is 2.30. The van der Waals surface area contributed by atoms with Gasteiger partial charge in [-0.15, -0.1) is 0 Å². The van der Waals surface area contributed by atoms with E-state index in [2.05, 4.69) is 50.4 Å². The van der Waals surface area contributed by atoms with Gasteiger partial charge >= 0.3 is 0 Å². The lowest BCUT2D eigenvalue weighted by molar-refractivity contribution is 0.356. The molecule has 0 spiro atoms. The Morgan fingerprint density at radius 1 is 1.10 bits per heavy atom. The van der Waals surface area contributed by atoms with Gasteiger partial charge in [0.1, 0.15) is 5.82 Å². The Labute approximate surface area is 127 Å². The molecule has 0 aromatic heterocycles. The predicted octanol–water partition coefficient (Wildman–Crippen LogP) is 4.24. The molecule has 0 aliphatic carbocycles. The van der Waals surface area contributed by atoms with Gasteiger partial charge in [0.15, 0.2) is 0 Å². The van der Waals surface area contributed by atoms with Crippen molar-refractivity contribution in [2.45, 2.75) is 38.6 Å². The fourth-order valence-corrected chi connectivity index (χ4v) is 2.87. The van der Waals surface area contributed by atoms with Crippen molar-refractivity contribution in [2.75, 3.05) is 7.05 Å². The summed E-state index contributed by atoms with van der Waals surface area (Å²) in [4.78, 5) is 0. The second-order valence-electron chi connectivity index (χ2n) is 6.26. The van der Waals surface area contributed by atoms with E-state index < -0.39 is 0 Å². The van der Waals surface area contributed by atoms with Crippen LogP contribution in [-0.2, 0) is 11.8 Å². The van der Waals surface area contributed by atoms with E-state index in [9.17, 15) is 4.39 Å². The molecule has 0 aliphatic rings. The quantitative estimate of drug-likeness (QED) is 0.866. The zero-order valence-corrected chi connectivity index (χ0v) is 13.3. The van der Waals surface area contributed by atoms with Crippen LogP contribution in [0.15, 0.2) is 48.5 Å². The number of benzene rings is 2. The zero-order valence-electron chi connectivity index (χ0n) is 13.3. The Kier molecular flexibility index (Phi) is 4.79. The second-order valence-corrected chi connectivity index (χ2v) is 6.26. The average Bonchev–Trinajstić information content (AvgIpc) is 2.45. The number of hydrogen-bond donors (Lipinski definition) is 1. The van der Waals surface area contributed by atoms with Gasteiger partial charge in [-0.25, -0.2) is 4.39 Å². The summed E-state index contributed by atoms with van der Waals surface area (Å²) in [5, 5.41) is 3.43. The summed E-state index contributed by atoms with van der Waals surface area (Å²) in [6.45, 7) is 6.53. The molecule has 1 atom stereocenters. The third-order valence-corrected chi connectivity index (χ3v) is 4.33. The van der Waals surface area contributed by atoms with E-state index in [0.717, 1.165) is 12.0 Å². The maximum absolute atomic E-state index is 13.1. The van der Waals surface area contributed by atoms with Gasteiger partial charge < -0.3 is 5.32 Å². The van der Waals surface area contributed by atoms with Crippen LogP contribution < -0.4 is 5.32 Å². The summed E-state index contributed by atoms with van der Waals surface area (Å²) >= 11 is 0. The molecule has 2 aromatic carbocycles. The Morgan fingerprint density at radius 3 is 2.33 bits per heavy atom. The predicted molar refractivity (Wildman–Crippen MR) is 87.2 cm³/mol. The lowest BCUT2D eigenvalue weighted by Crippen LogP contribution is -2.44. The lowest BCUT2D eigenvalue weighted by Gasteiger charge is -2.35. The summed E-state index contributed by atoms with van der Waals surface area (Å²) < 4.78 is 13.1. The molecule has 0 heterocycles. The van der Waals surface area contributed by atoms with E-state index in [-0.39, 0.29) is 17.3 Å². The monoisotopic (exact) mass is 285 g/mol. The first kappa shape index (κ1) is 15.7. The number of likely N-dealkylation sites (N-methyl/N-ethyl adjacent to an activating group) is 1. The van der Waals surface area contributed by atoms with Crippen LogP contribution in [0.4, 0.5) is 4.39 Å². The smallest absolute Gasteiger partial charge is 0.123 e. The van der Waals surface area contributed by atoms with E-state index in [4.69, 9.17) is 0 Å². The summed E-state index contributed by atoms with van der Waals surface area (Å²) in [6.07, 6.45) is 0.947. The highest BCUT2D eigenvalue weighted by atomic mass is 19.1. The van der Waals surface area contributed by atoms with E-state index >= 15 is 0 Å². The van der Waals surface area contributed by atoms with Crippen molar-refractivity contribution in [3.8, 4) is 0 Å². The van der Waals surface area contributed by atoms with Crippen LogP contribution in [0.2, 0.25) is 0 Å². The summed E-state index contributed by atoms with van der Waals surface area (Å²) in [5.74, 6) is -0.186. The van der Waals surface area contributed by atoms with Crippen molar-refractivity contribution < 1.29 is 4.39 Å². The van der Waals surface area contributed by atoms with Crippen LogP contribution in [0.5, 0.6) is 0 Å². The van der Waals surface area contributed by atoms with Crippen LogP contribution in [-0.4, -0.2) is 13.1 Å². The number of nitrogens with one attached hydrogen (secondary N) is 1. The van der Waals surface area contributed by atoms with Gasteiger partial charge in [-0.05, 0) is 43.7 Å². The molecule has 0 amide bonds. The van der Waals surface area contributed by atoms with E-state index in [1.165, 1.54) is 23.3 Å². The summed E-state index contributed by atoms with van der Waals surface area (Å²) in [6, 6.07) is 15.7. The minimum absolute atomic E-state index is 0.0772. The highest BCUT2D eigenvalue weighted by Crippen LogP contribution is 2.29. The van der Waals surface area contributed by atoms with Crippen LogP contribution in [0.1, 0.15) is 30.5 Å². The third kappa shape index (κ3) is 3.70. The minimum Gasteiger partial charge on any atom is -0.316 e. The van der Waals surface area contributed by atoms with Crippen molar-refractivity contribution in [1.82, 2.24) is 5.32 Å². The van der Waals surface area contributed by atoms with Crippen molar-refractivity contribution in [3.63, 3.8) is 0 Å². The van der Waals surface area contributed by atoms with Gasteiger partial charge in [-0.3, -0.25) is 0 Å². The molecule has 21 heavy (non-hydrogen) atoms. The fraction of sp³-hybridized carbons (Fsp3) is 0.368. The number of rotatable bonds is 5. The summed E-state index contributed by atoms with van der Waals surface area (Å²) in [5.41, 5.74) is 3.68. The minimum atomic E-state index is -0.186. The van der Waals surface area contributed by atoms with Gasteiger partial charge in [-0.2, -0.15) is 0 Å². The molecule has 112 valence electrons. The SMILES string of the molecule is CNC(Cc1cccc(C)c1)C(C)(C)c1ccc(F)cc1. The highest BCUT2D eigenvalue weighted by molar-refractivity contribution is 5.29.